The van der Waals surface area contributed by atoms with Crippen LogP contribution in [0.15, 0.2) is 0 Å². The summed E-state index contributed by atoms with van der Waals surface area (Å²) in [4.78, 5) is 11.7. The summed E-state index contributed by atoms with van der Waals surface area (Å²) in [5.74, 6) is 0.199. The van der Waals surface area contributed by atoms with Crippen LogP contribution >= 0.6 is 11.8 Å². The van der Waals surface area contributed by atoms with E-state index in [1.165, 1.54) is 32.1 Å². The summed E-state index contributed by atoms with van der Waals surface area (Å²) < 4.78 is 0. The van der Waals surface area contributed by atoms with Crippen LogP contribution in [0.5, 0.6) is 0 Å². The van der Waals surface area contributed by atoms with Gasteiger partial charge < -0.3 is 10.4 Å². The van der Waals surface area contributed by atoms with Crippen LogP contribution < -0.4 is 5.32 Å². The molecule has 0 aromatic heterocycles. The number of rotatable bonds is 5. The first-order chi connectivity index (χ1) is 9.55. The first-order valence-corrected chi connectivity index (χ1v) is 9.14. The van der Waals surface area contributed by atoms with Crippen molar-refractivity contribution in [3.63, 3.8) is 0 Å². The maximum Gasteiger partial charge on any atom is 0.323 e. The number of hydrogen-bond donors (Lipinski definition) is 2. The van der Waals surface area contributed by atoms with Crippen molar-refractivity contribution in [3.8, 4) is 0 Å². The van der Waals surface area contributed by atoms with Gasteiger partial charge in [0, 0.05) is 10.5 Å². The van der Waals surface area contributed by atoms with Crippen molar-refractivity contribution in [1.82, 2.24) is 5.32 Å². The fourth-order valence-corrected chi connectivity index (χ4v) is 5.85. The summed E-state index contributed by atoms with van der Waals surface area (Å²) in [6, 6.07) is 0. The number of aliphatic carboxylic acids is 1. The predicted octanol–water partition coefficient (Wildman–Crippen LogP) is 3.67. The third kappa shape index (κ3) is 3.91. The molecule has 0 radical (unpaired) electrons. The third-order valence-corrected chi connectivity index (χ3v) is 6.50. The summed E-state index contributed by atoms with van der Waals surface area (Å²) in [6.45, 7) is 5.10. The Kier molecular flexibility index (Phi) is 5.79. The quantitative estimate of drug-likeness (QED) is 0.813. The first kappa shape index (κ1) is 16.2. The number of carbonyl (C=O) groups is 1. The maximum atomic E-state index is 11.7. The smallest absolute Gasteiger partial charge is 0.323 e. The van der Waals surface area contributed by atoms with Gasteiger partial charge in [-0.15, -0.1) is 0 Å². The van der Waals surface area contributed by atoms with Gasteiger partial charge in [0.25, 0.3) is 0 Å². The molecular weight excluding hydrogens is 270 g/mol. The van der Waals surface area contributed by atoms with Crippen LogP contribution in [0.1, 0.15) is 65.2 Å². The Morgan fingerprint density at radius 1 is 1.30 bits per heavy atom. The van der Waals surface area contributed by atoms with Gasteiger partial charge in [-0.2, -0.15) is 11.8 Å². The molecule has 0 spiro atoms. The molecule has 116 valence electrons. The van der Waals surface area contributed by atoms with E-state index >= 15 is 0 Å². The van der Waals surface area contributed by atoms with Crippen molar-refractivity contribution in [1.29, 1.82) is 0 Å². The van der Waals surface area contributed by atoms with Crippen LogP contribution in [0.25, 0.3) is 0 Å². The van der Waals surface area contributed by atoms with Gasteiger partial charge in [-0.05, 0) is 51.0 Å². The van der Waals surface area contributed by atoms with Gasteiger partial charge in [-0.1, -0.05) is 26.7 Å². The van der Waals surface area contributed by atoms with E-state index < -0.39 is 11.5 Å². The maximum absolute atomic E-state index is 11.7. The monoisotopic (exact) mass is 299 g/mol. The third-order valence-electron chi connectivity index (χ3n) is 4.90. The molecule has 3 nitrogen and oxygen atoms in total. The first-order valence-electron chi connectivity index (χ1n) is 8.19. The lowest BCUT2D eigenvalue weighted by Gasteiger charge is -2.40. The Morgan fingerprint density at radius 2 is 2.05 bits per heavy atom. The summed E-state index contributed by atoms with van der Waals surface area (Å²) in [5.41, 5.74) is -0.662. The van der Waals surface area contributed by atoms with E-state index in [9.17, 15) is 9.90 Å². The molecule has 0 aromatic carbocycles. The molecule has 2 aliphatic rings. The number of nitrogens with one attached hydrogen (secondary N) is 1. The minimum Gasteiger partial charge on any atom is -0.480 e. The van der Waals surface area contributed by atoms with Gasteiger partial charge in [-0.25, -0.2) is 0 Å². The molecule has 20 heavy (non-hydrogen) atoms. The number of thioether (sulfide) groups is 1. The van der Waals surface area contributed by atoms with Crippen LogP contribution in [0, 0.1) is 5.92 Å². The van der Waals surface area contributed by atoms with Crippen LogP contribution in [-0.4, -0.2) is 33.7 Å². The van der Waals surface area contributed by atoms with Gasteiger partial charge in [0.2, 0.25) is 0 Å². The topological polar surface area (TPSA) is 49.3 Å². The molecule has 0 amide bonds. The second-order valence-electron chi connectivity index (χ2n) is 6.67. The van der Waals surface area contributed by atoms with E-state index in [4.69, 9.17) is 0 Å². The largest absolute Gasteiger partial charge is 0.480 e. The molecule has 4 heteroatoms. The molecule has 2 rings (SSSR count). The molecule has 0 heterocycles. The van der Waals surface area contributed by atoms with Gasteiger partial charge in [0.15, 0.2) is 0 Å². The highest BCUT2D eigenvalue weighted by molar-refractivity contribution is 8.00. The molecule has 0 aliphatic heterocycles. The molecule has 2 N–H and O–H groups in total. The molecule has 0 saturated heterocycles. The second kappa shape index (κ2) is 7.17. The van der Waals surface area contributed by atoms with Crippen molar-refractivity contribution in [2.45, 2.75) is 81.3 Å². The highest BCUT2D eigenvalue weighted by Gasteiger charge is 2.43. The minimum absolute atomic E-state index is 0.522. The standard InChI is InChI=1S/C16H29NO2S/c1-3-17-16(15(18)19)9-5-8-14(11-16)20-13-7-4-6-12(2)10-13/h12-14,17H,3-11H2,1-2H3,(H,18,19). The van der Waals surface area contributed by atoms with E-state index in [0.717, 1.165) is 37.0 Å². The fraction of sp³-hybridized carbons (Fsp3) is 0.938. The Balaban J connectivity index is 1.93. The highest BCUT2D eigenvalue weighted by atomic mass is 32.2. The van der Waals surface area contributed by atoms with Crippen molar-refractivity contribution in [2.75, 3.05) is 6.54 Å². The molecule has 2 saturated carbocycles. The molecule has 4 atom stereocenters. The Hall–Kier alpha value is -0.220. The van der Waals surface area contributed by atoms with E-state index in [0.29, 0.717) is 5.25 Å². The number of carboxylic acid groups (broad SMARTS) is 1. The van der Waals surface area contributed by atoms with E-state index in [-0.39, 0.29) is 0 Å². The Labute approximate surface area is 127 Å². The van der Waals surface area contributed by atoms with E-state index in [1.807, 2.05) is 6.92 Å². The second-order valence-corrected chi connectivity index (χ2v) is 8.27. The summed E-state index contributed by atoms with van der Waals surface area (Å²) in [6.07, 6.45) is 9.19. The normalized spacial score (nSPS) is 38.6. The number of hydrogen-bond acceptors (Lipinski definition) is 3. The Bertz CT molecular complexity index is 332. The van der Waals surface area contributed by atoms with Crippen molar-refractivity contribution in [2.24, 2.45) is 5.92 Å². The lowest BCUT2D eigenvalue weighted by atomic mass is 9.81. The summed E-state index contributed by atoms with van der Waals surface area (Å²) in [5, 5.41) is 14.2. The van der Waals surface area contributed by atoms with Crippen molar-refractivity contribution >= 4 is 17.7 Å². The van der Waals surface area contributed by atoms with Crippen LogP contribution in [0.3, 0.4) is 0 Å². The van der Waals surface area contributed by atoms with Crippen LogP contribution in [0.4, 0.5) is 0 Å². The lowest BCUT2D eigenvalue weighted by molar-refractivity contribution is -0.146. The molecule has 2 fully saturated rings. The minimum atomic E-state index is -0.662. The molecule has 2 aliphatic carbocycles. The Morgan fingerprint density at radius 3 is 2.70 bits per heavy atom. The number of carboxylic acids is 1. The van der Waals surface area contributed by atoms with Crippen LogP contribution in [0.2, 0.25) is 0 Å². The zero-order valence-corrected chi connectivity index (χ0v) is 13.7. The van der Waals surface area contributed by atoms with Crippen LogP contribution in [-0.2, 0) is 4.79 Å². The molecule has 4 unspecified atom stereocenters. The van der Waals surface area contributed by atoms with Crippen molar-refractivity contribution in [3.05, 3.63) is 0 Å². The lowest BCUT2D eigenvalue weighted by Crippen LogP contribution is -2.55. The van der Waals surface area contributed by atoms with Crippen molar-refractivity contribution < 1.29 is 9.90 Å². The van der Waals surface area contributed by atoms with E-state index in [1.54, 1.807) is 0 Å². The summed E-state index contributed by atoms with van der Waals surface area (Å²) in [7, 11) is 0. The zero-order chi connectivity index (χ0) is 14.6. The average Bonchev–Trinajstić information content (AvgIpc) is 2.39. The molecule has 0 aromatic rings. The predicted molar refractivity (Wildman–Crippen MR) is 85.3 cm³/mol. The highest BCUT2D eigenvalue weighted by Crippen LogP contribution is 2.41. The van der Waals surface area contributed by atoms with Gasteiger partial charge in [0.05, 0.1) is 0 Å². The zero-order valence-electron chi connectivity index (χ0n) is 12.9. The summed E-state index contributed by atoms with van der Waals surface area (Å²) >= 11 is 2.09. The molecular formula is C16H29NO2S. The van der Waals surface area contributed by atoms with Gasteiger partial charge >= 0.3 is 5.97 Å². The average molecular weight is 299 g/mol. The number of likely N-dealkylation sites (N-methyl/N-ethyl adjacent to an activating group) is 1. The van der Waals surface area contributed by atoms with Gasteiger partial charge in [0.1, 0.15) is 5.54 Å². The van der Waals surface area contributed by atoms with E-state index in [2.05, 4.69) is 24.0 Å². The SMILES string of the molecule is CCNC1(C(=O)O)CCCC(SC2CCCC(C)C2)C1. The molecule has 0 bridgehead atoms. The van der Waals surface area contributed by atoms with Gasteiger partial charge in [-0.3, -0.25) is 4.79 Å². The fourth-order valence-electron chi connectivity index (χ4n) is 3.88.